The summed E-state index contributed by atoms with van der Waals surface area (Å²) < 4.78 is 0. The zero-order chi connectivity index (χ0) is 18.4. The van der Waals surface area contributed by atoms with Gasteiger partial charge in [0, 0.05) is 23.3 Å². The minimum Gasteiger partial charge on any atom is -0.352 e. The van der Waals surface area contributed by atoms with E-state index < -0.39 is 0 Å². The molecule has 1 aliphatic carbocycles. The Morgan fingerprint density at radius 2 is 2.08 bits per heavy atom. The van der Waals surface area contributed by atoms with Crippen LogP contribution in [0.2, 0.25) is 0 Å². The van der Waals surface area contributed by atoms with Gasteiger partial charge in [0.05, 0.1) is 6.54 Å². The van der Waals surface area contributed by atoms with Crippen LogP contribution in [-0.2, 0) is 14.4 Å². The van der Waals surface area contributed by atoms with Crippen LogP contribution >= 0.6 is 0 Å². The molecule has 2 rings (SSSR count). The van der Waals surface area contributed by atoms with Gasteiger partial charge in [0.2, 0.25) is 0 Å². The van der Waals surface area contributed by atoms with Crippen LogP contribution in [0.3, 0.4) is 0 Å². The van der Waals surface area contributed by atoms with Gasteiger partial charge in [0.1, 0.15) is 0 Å². The number of imide groups is 1. The van der Waals surface area contributed by atoms with Crippen molar-refractivity contribution in [1.82, 2.24) is 10.2 Å². The molecule has 0 bridgehead atoms. The fourth-order valence-electron chi connectivity index (χ4n) is 2.71. The summed E-state index contributed by atoms with van der Waals surface area (Å²) in [6, 6.07) is 0. The Bertz CT molecular complexity index is 764. The lowest BCUT2D eigenvalue weighted by molar-refractivity contribution is -0.137. The highest BCUT2D eigenvalue weighted by molar-refractivity contribution is 6.21. The second-order valence-electron chi connectivity index (χ2n) is 5.79. The maximum absolute atomic E-state index is 12.5. The lowest BCUT2D eigenvalue weighted by Gasteiger charge is -2.16. The van der Waals surface area contributed by atoms with Crippen molar-refractivity contribution in [3.8, 4) is 0 Å². The van der Waals surface area contributed by atoms with E-state index in [-0.39, 0.29) is 24.3 Å². The summed E-state index contributed by atoms with van der Waals surface area (Å²) in [5, 5.41) is 2.72. The fourth-order valence-corrected chi connectivity index (χ4v) is 2.71. The normalized spacial score (nSPS) is 17.8. The van der Waals surface area contributed by atoms with Gasteiger partial charge in [-0.15, -0.1) is 0 Å². The Kier molecular flexibility index (Phi) is 6.06. The molecule has 5 heteroatoms. The van der Waals surface area contributed by atoms with Gasteiger partial charge in [-0.2, -0.15) is 0 Å². The minimum absolute atomic E-state index is 0.149. The van der Waals surface area contributed by atoms with E-state index in [1.807, 2.05) is 19.1 Å². The molecule has 130 valence electrons. The van der Waals surface area contributed by atoms with E-state index in [9.17, 15) is 14.4 Å². The van der Waals surface area contributed by atoms with Crippen molar-refractivity contribution in [2.24, 2.45) is 0 Å². The number of amides is 3. The predicted molar refractivity (Wildman–Crippen MR) is 97.4 cm³/mol. The molecule has 0 aromatic carbocycles. The molecule has 1 heterocycles. The van der Waals surface area contributed by atoms with Crippen molar-refractivity contribution >= 4 is 17.7 Å². The monoisotopic (exact) mass is 338 g/mol. The van der Waals surface area contributed by atoms with Crippen LogP contribution in [0.25, 0.3) is 0 Å². The molecule has 0 saturated carbocycles. The standard InChI is InChI=1S/C20H22N2O3/c1-4-9-15(18(23)21-5-2)12-14(3)13-22-19(24)16-10-7-6-8-11-17(16)20(22)25/h4,6-10,12H,1,5,11,13H2,2-3H3,(H,21,23)/b14-12+,15-9+. The Labute approximate surface area is 147 Å². The number of carbonyl (C=O) groups is 3. The lowest BCUT2D eigenvalue weighted by Crippen LogP contribution is -2.33. The zero-order valence-electron chi connectivity index (χ0n) is 14.5. The number of carbonyl (C=O) groups excluding carboxylic acids is 3. The zero-order valence-corrected chi connectivity index (χ0v) is 14.5. The van der Waals surface area contributed by atoms with Crippen LogP contribution in [0.15, 0.2) is 71.4 Å². The molecule has 1 aliphatic heterocycles. The Morgan fingerprint density at radius 1 is 1.32 bits per heavy atom. The van der Waals surface area contributed by atoms with Crippen LogP contribution in [0, 0.1) is 0 Å². The lowest BCUT2D eigenvalue weighted by atomic mass is 10.1. The number of hydrogen-bond donors (Lipinski definition) is 1. The van der Waals surface area contributed by atoms with Crippen molar-refractivity contribution < 1.29 is 14.4 Å². The van der Waals surface area contributed by atoms with Crippen LogP contribution in [-0.4, -0.2) is 35.7 Å². The second-order valence-corrected chi connectivity index (χ2v) is 5.79. The van der Waals surface area contributed by atoms with E-state index in [2.05, 4.69) is 11.9 Å². The highest BCUT2D eigenvalue weighted by Gasteiger charge is 2.36. The molecule has 0 radical (unpaired) electrons. The maximum atomic E-state index is 12.5. The average molecular weight is 338 g/mol. The van der Waals surface area contributed by atoms with Crippen molar-refractivity contribution in [1.29, 1.82) is 0 Å². The molecule has 2 aliphatic rings. The number of hydrogen-bond acceptors (Lipinski definition) is 3. The summed E-state index contributed by atoms with van der Waals surface area (Å²) >= 11 is 0. The van der Waals surface area contributed by atoms with Crippen molar-refractivity contribution in [2.75, 3.05) is 13.1 Å². The van der Waals surface area contributed by atoms with Gasteiger partial charge in [-0.25, -0.2) is 0 Å². The Hall–Kier alpha value is -2.95. The first kappa shape index (κ1) is 18.4. The smallest absolute Gasteiger partial charge is 0.261 e. The molecule has 25 heavy (non-hydrogen) atoms. The first-order chi connectivity index (χ1) is 12.0. The molecule has 0 aromatic heterocycles. The van der Waals surface area contributed by atoms with Gasteiger partial charge in [0.15, 0.2) is 0 Å². The van der Waals surface area contributed by atoms with Crippen LogP contribution in [0.1, 0.15) is 20.3 Å². The number of allylic oxidation sites excluding steroid dienone is 5. The van der Waals surface area contributed by atoms with E-state index in [1.165, 1.54) is 11.0 Å². The molecular weight excluding hydrogens is 316 g/mol. The Balaban J connectivity index is 2.18. The number of rotatable bonds is 6. The summed E-state index contributed by atoms with van der Waals surface area (Å²) in [7, 11) is 0. The Morgan fingerprint density at radius 3 is 2.76 bits per heavy atom. The molecule has 1 N–H and O–H groups in total. The SMILES string of the molecule is C=C/C=C(\C=C(/C)CN1C(=O)C2=C(CC=CC=C2)C1=O)C(=O)NCC. The van der Waals surface area contributed by atoms with E-state index in [0.717, 1.165) is 5.57 Å². The minimum atomic E-state index is -0.292. The highest BCUT2D eigenvalue weighted by atomic mass is 16.2. The molecule has 0 atom stereocenters. The molecule has 0 unspecified atom stereocenters. The summed E-state index contributed by atoms with van der Waals surface area (Å²) in [5.41, 5.74) is 2.14. The number of likely N-dealkylation sites (N-methyl/N-ethyl adjacent to an activating group) is 1. The third kappa shape index (κ3) is 4.12. The van der Waals surface area contributed by atoms with Crippen molar-refractivity contribution in [3.05, 3.63) is 71.4 Å². The molecule has 0 spiro atoms. The predicted octanol–water partition coefficient (Wildman–Crippen LogP) is 2.36. The highest BCUT2D eigenvalue weighted by Crippen LogP contribution is 2.27. The van der Waals surface area contributed by atoms with Crippen LogP contribution < -0.4 is 5.32 Å². The van der Waals surface area contributed by atoms with Crippen LogP contribution in [0.4, 0.5) is 0 Å². The van der Waals surface area contributed by atoms with Gasteiger partial charge in [0.25, 0.3) is 17.7 Å². The van der Waals surface area contributed by atoms with Crippen molar-refractivity contribution in [3.63, 3.8) is 0 Å². The third-order valence-electron chi connectivity index (χ3n) is 3.84. The maximum Gasteiger partial charge on any atom is 0.261 e. The van der Waals surface area contributed by atoms with Gasteiger partial charge in [-0.05, 0) is 32.4 Å². The van der Waals surface area contributed by atoms with Crippen LogP contribution in [0.5, 0.6) is 0 Å². The molecule has 3 amide bonds. The average Bonchev–Trinajstić information content (AvgIpc) is 2.77. The molecule has 0 saturated heterocycles. The van der Waals surface area contributed by atoms with Gasteiger partial charge in [-0.3, -0.25) is 19.3 Å². The van der Waals surface area contributed by atoms with E-state index in [0.29, 0.717) is 29.7 Å². The number of nitrogens with one attached hydrogen (secondary N) is 1. The summed E-state index contributed by atoms with van der Waals surface area (Å²) in [4.78, 5) is 38.3. The summed E-state index contributed by atoms with van der Waals surface area (Å²) in [5.74, 6) is -0.779. The molecule has 0 aromatic rings. The largest absolute Gasteiger partial charge is 0.352 e. The van der Waals surface area contributed by atoms with E-state index >= 15 is 0 Å². The van der Waals surface area contributed by atoms with Gasteiger partial charge in [-0.1, -0.05) is 42.5 Å². The van der Waals surface area contributed by atoms with Crippen molar-refractivity contribution in [2.45, 2.75) is 20.3 Å². The number of nitrogens with zero attached hydrogens (tertiary/aromatic N) is 1. The molecule has 0 fully saturated rings. The summed E-state index contributed by atoms with van der Waals surface area (Å²) in [6.07, 6.45) is 12.4. The molecule has 5 nitrogen and oxygen atoms in total. The van der Waals surface area contributed by atoms with Gasteiger partial charge < -0.3 is 5.32 Å². The topological polar surface area (TPSA) is 66.5 Å². The summed E-state index contributed by atoms with van der Waals surface area (Å²) in [6.45, 7) is 7.90. The second kappa shape index (κ2) is 8.24. The first-order valence-corrected chi connectivity index (χ1v) is 8.20. The molecular formula is C20H22N2O3. The van der Waals surface area contributed by atoms with E-state index in [4.69, 9.17) is 0 Å². The first-order valence-electron chi connectivity index (χ1n) is 8.20. The van der Waals surface area contributed by atoms with E-state index in [1.54, 1.807) is 31.2 Å². The fraction of sp³-hybridized carbons (Fsp3) is 0.250. The quantitative estimate of drug-likeness (QED) is 0.459. The third-order valence-corrected chi connectivity index (χ3v) is 3.84. The van der Waals surface area contributed by atoms with Gasteiger partial charge >= 0.3 is 0 Å².